The zero-order valence-electron chi connectivity index (χ0n) is 7.91. The summed E-state index contributed by atoms with van der Waals surface area (Å²) >= 11 is 0. The van der Waals surface area contributed by atoms with Gasteiger partial charge in [0, 0.05) is 11.3 Å². The number of benzene rings is 1. The third kappa shape index (κ3) is 1.32. The molecule has 2 nitrogen and oxygen atoms in total. The molecule has 0 bridgehead atoms. The maximum absolute atomic E-state index is 9.63. The van der Waals surface area contributed by atoms with Crippen LogP contribution in [0, 0.1) is 0 Å². The van der Waals surface area contributed by atoms with Crippen molar-refractivity contribution in [2.24, 2.45) is 4.99 Å². The Labute approximate surface area is 77.9 Å². The van der Waals surface area contributed by atoms with E-state index in [-0.39, 0.29) is 0 Å². The summed E-state index contributed by atoms with van der Waals surface area (Å²) in [5.74, 6) is 0.352. The lowest BCUT2D eigenvalue weighted by molar-refractivity contribution is 0.472. The van der Waals surface area contributed by atoms with E-state index in [1.165, 1.54) is 5.56 Å². The molecule has 1 atom stereocenters. The SMILES string of the molecule is CC1=N[C@H](C)Cc2cccc(O)c21. The normalized spacial score (nSPS) is 20.8. The lowest BCUT2D eigenvalue weighted by Gasteiger charge is -2.19. The van der Waals surface area contributed by atoms with Gasteiger partial charge in [-0.25, -0.2) is 0 Å². The molecule has 0 saturated carbocycles. The lowest BCUT2D eigenvalue weighted by atomic mass is 9.94. The van der Waals surface area contributed by atoms with Crippen LogP contribution in [0.25, 0.3) is 0 Å². The molecule has 2 heteroatoms. The summed E-state index contributed by atoms with van der Waals surface area (Å²) in [5, 5.41) is 9.63. The summed E-state index contributed by atoms with van der Waals surface area (Å²) in [6.07, 6.45) is 0.932. The summed E-state index contributed by atoms with van der Waals surface area (Å²) in [4.78, 5) is 4.44. The summed E-state index contributed by atoms with van der Waals surface area (Å²) in [5.41, 5.74) is 3.09. The van der Waals surface area contributed by atoms with E-state index in [2.05, 4.69) is 18.0 Å². The first-order valence-corrected chi connectivity index (χ1v) is 4.54. The van der Waals surface area contributed by atoms with Crippen LogP contribution in [0.5, 0.6) is 5.75 Å². The Kier molecular flexibility index (Phi) is 1.83. The van der Waals surface area contributed by atoms with Crippen LogP contribution < -0.4 is 0 Å². The van der Waals surface area contributed by atoms with Crippen LogP contribution >= 0.6 is 0 Å². The highest BCUT2D eigenvalue weighted by atomic mass is 16.3. The molecule has 0 aromatic heterocycles. The van der Waals surface area contributed by atoms with Crippen LogP contribution in [0.2, 0.25) is 0 Å². The number of rotatable bonds is 0. The van der Waals surface area contributed by atoms with Gasteiger partial charge in [0.1, 0.15) is 5.75 Å². The van der Waals surface area contributed by atoms with Crippen molar-refractivity contribution in [2.45, 2.75) is 26.3 Å². The van der Waals surface area contributed by atoms with Crippen LogP contribution in [0.1, 0.15) is 25.0 Å². The quantitative estimate of drug-likeness (QED) is 0.643. The van der Waals surface area contributed by atoms with E-state index in [0.29, 0.717) is 11.8 Å². The Hall–Kier alpha value is -1.31. The second-order valence-corrected chi connectivity index (χ2v) is 3.58. The fraction of sp³-hybridized carbons (Fsp3) is 0.364. The third-order valence-corrected chi connectivity index (χ3v) is 2.42. The lowest BCUT2D eigenvalue weighted by Crippen LogP contribution is -2.16. The molecule has 1 aromatic rings. The van der Waals surface area contributed by atoms with Gasteiger partial charge in [-0.05, 0) is 31.9 Å². The molecule has 0 radical (unpaired) electrons. The molecule has 0 spiro atoms. The predicted octanol–water partition coefficient (Wildman–Crippen LogP) is 2.15. The number of hydrogen-bond donors (Lipinski definition) is 1. The van der Waals surface area contributed by atoms with Gasteiger partial charge in [0.2, 0.25) is 0 Å². The number of fused-ring (bicyclic) bond motifs is 1. The van der Waals surface area contributed by atoms with Gasteiger partial charge in [-0.1, -0.05) is 12.1 Å². The minimum Gasteiger partial charge on any atom is -0.507 e. The number of phenols is 1. The summed E-state index contributed by atoms with van der Waals surface area (Å²) in [6, 6.07) is 6.01. The van der Waals surface area contributed by atoms with Gasteiger partial charge in [-0.15, -0.1) is 0 Å². The maximum Gasteiger partial charge on any atom is 0.124 e. The molecular formula is C11H13NO. The second-order valence-electron chi connectivity index (χ2n) is 3.58. The van der Waals surface area contributed by atoms with Crippen LogP contribution in [-0.2, 0) is 6.42 Å². The summed E-state index contributed by atoms with van der Waals surface area (Å²) < 4.78 is 0. The molecule has 0 aliphatic carbocycles. The Morgan fingerprint density at radius 2 is 2.23 bits per heavy atom. The molecule has 1 aliphatic rings. The molecule has 0 unspecified atom stereocenters. The number of phenolic OH excluding ortho intramolecular Hbond substituents is 1. The minimum absolute atomic E-state index is 0.342. The molecule has 1 heterocycles. The summed E-state index contributed by atoms with van der Waals surface area (Å²) in [6.45, 7) is 4.05. The second kappa shape index (κ2) is 2.87. The van der Waals surface area contributed by atoms with Crippen molar-refractivity contribution in [3.05, 3.63) is 29.3 Å². The Balaban J connectivity index is 2.60. The van der Waals surface area contributed by atoms with Crippen LogP contribution in [0.3, 0.4) is 0 Å². The molecule has 13 heavy (non-hydrogen) atoms. The molecule has 0 amide bonds. The zero-order valence-corrected chi connectivity index (χ0v) is 7.91. The Bertz CT molecular complexity index is 368. The molecular weight excluding hydrogens is 162 g/mol. The van der Waals surface area contributed by atoms with E-state index in [4.69, 9.17) is 0 Å². The van der Waals surface area contributed by atoms with Crippen molar-refractivity contribution in [1.29, 1.82) is 0 Å². The Morgan fingerprint density at radius 3 is 3.00 bits per heavy atom. The van der Waals surface area contributed by atoms with Gasteiger partial charge in [-0.3, -0.25) is 4.99 Å². The van der Waals surface area contributed by atoms with Crippen molar-refractivity contribution < 1.29 is 5.11 Å². The number of nitrogens with zero attached hydrogens (tertiary/aromatic N) is 1. The van der Waals surface area contributed by atoms with E-state index in [9.17, 15) is 5.11 Å². The molecule has 68 valence electrons. The van der Waals surface area contributed by atoms with Crippen molar-refractivity contribution in [3.8, 4) is 5.75 Å². The predicted molar refractivity (Wildman–Crippen MR) is 53.5 cm³/mol. The first kappa shape index (κ1) is 8.30. The highest BCUT2D eigenvalue weighted by molar-refractivity contribution is 6.03. The molecule has 1 aromatic carbocycles. The van der Waals surface area contributed by atoms with Crippen molar-refractivity contribution in [2.75, 3.05) is 0 Å². The number of hydrogen-bond acceptors (Lipinski definition) is 2. The fourth-order valence-corrected chi connectivity index (χ4v) is 1.93. The number of aromatic hydroxyl groups is 1. The monoisotopic (exact) mass is 175 g/mol. The molecule has 2 rings (SSSR count). The molecule has 1 N–H and O–H groups in total. The first-order valence-electron chi connectivity index (χ1n) is 4.54. The van der Waals surface area contributed by atoms with Gasteiger partial charge in [0.05, 0.1) is 6.04 Å². The van der Waals surface area contributed by atoms with Crippen LogP contribution in [-0.4, -0.2) is 16.9 Å². The fourth-order valence-electron chi connectivity index (χ4n) is 1.93. The van der Waals surface area contributed by atoms with Gasteiger partial charge in [0.15, 0.2) is 0 Å². The average Bonchev–Trinajstić information content (AvgIpc) is 2.02. The zero-order chi connectivity index (χ0) is 9.42. The molecule has 0 fully saturated rings. The third-order valence-electron chi connectivity index (χ3n) is 2.42. The highest BCUT2D eigenvalue weighted by Crippen LogP contribution is 2.27. The standard InChI is InChI=1S/C11H13NO/c1-7-6-9-4-3-5-10(13)11(9)8(2)12-7/h3-5,7,13H,6H2,1-2H3/t7-/m1/s1. The van der Waals surface area contributed by atoms with E-state index >= 15 is 0 Å². The minimum atomic E-state index is 0.342. The maximum atomic E-state index is 9.63. The van der Waals surface area contributed by atoms with E-state index in [1.54, 1.807) is 6.07 Å². The van der Waals surface area contributed by atoms with Gasteiger partial charge in [-0.2, -0.15) is 0 Å². The Morgan fingerprint density at radius 1 is 1.46 bits per heavy atom. The average molecular weight is 175 g/mol. The topological polar surface area (TPSA) is 32.6 Å². The number of aliphatic imine (C=N–C) groups is 1. The van der Waals surface area contributed by atoms with Crippen molar-refractivity contribution in [1.82, 2.24) is 0 Å². The van der Waals surface area contributed by atoms with E-state index < -0.39 is 0 Å². The van der Waals surface area contributed by atoms with Crippen molar-refractivity contribution in [3.63, 3.8) is 0 Å². The highest BCUT2D eigenvalue weighted by Gasteiger charge is 2.17. The van der Waals surface area contributed by atoms with Crippen molar-refractivity contribution >= 4 is 5.71 Å². The summed E-state index contributed by atoms with van der Waals surface area (Å²) in [7, 11) is 0. The first-order chi connectivity index (χ1) is 6.18. The smallest absolute Gasteiger partial charge is 0.124 e. The van der Waals surface area contributed by atoms with E-state index in [0.717, 1.165) is 17.7 Å². The van der Waals surface area contributed by atoms with Crippen LogP contribution in [0.4, 0.5) is 0 Å². The van der Waals surface area contributed by atoms with E-state index in [1.807, 2.05) is 13.0 Å². The molecule has 0 saturated heterocycles. The van der Waals surface area contributed by atoms with Gasteiger partial charge < -0.3 is 5.11 Å². The van der Waals surface area contributed by atoms with Crippen LogP contribution in [0.15, 0.2) is 23.2 Å². The molecule has 1 aliphatic heterocycles. The van der Waals surface area contributed by atoms with Gasteiger partial charge in [0.25, 0.3) is 0 Å². The largest absolute Gasteiger partial charge is 0.507 e. The van der Waals surface area contributed by atoms with Gasteiger partial charge >= 0.3 is 0 Å².